The highest BCUT2D eigenvalue weighted by atomic mass is 35.5. The molecule has 2 atom stereocenters. The van der Waals surface area contributed by atoms with E-state index in [0.29, 0.717) is 30.2 Å². The largest absolute Gasteiger partial charge is 0.382 e. The second kappa shape index (κ2) is 8.05. The van der Waals surface area contributed by atoms with Crippen LogP contribution in [0.1, 0.15) is 18.9 Å². The van der Waals surface area contributed by atoms with Gasteiger partial charge in [-0.1, -0.05) is 28.9 Å². The van der Waals surface area contributed by atoms with E-state index < -0.39 is 12.1 Å². The topological polar surface area (TPSA) is 74.2 Å². The van der Waals surface area contributed by atoms with Gasteiger partial charge in [-0.2, -0.15) is 0 Å². The molecule has 1 aromatic carbocycles. The van der Waals surface area contributed by atoms with Crippen LogP contribution in [0.25, 0.3) is 0 Å². The number of amides is 2. The number of halogens is 1. The average Bonchev–Trinajstić information content (AvgIpc) is 3.12. The van der Waals surface area contributed by atoms with Gasteiger partial charge in [-0.15, -0.1) is 0 Å². The van der Waals surface area contributed by atoms with Crippen LogP contribution in [0, 0.1) is 0 Å². The van der Waals surface area contributed by atoms with Crippen LogP contribution < -0.4 is 5.32 Å². The van der Waals surface area contributed by atoms with E-state index >= 15 is 0 Å². The summed E-state index contributed by atoms with van der Waals surface area (Å²) in [5, 5.41) is 7.39. The Bertz CT molecular complexity index is 699. The van der Waals surface area contributed by atoms with Gasteiger partial charge in [-0.3, -0.25) is 9.59 Å². The zero-order valence-electron chi connectivity index (χ0n) is 14.9. The first kappa shape index (κ1) is 18.7. The lowest BCUT2D eigenvalue weighted by atomic mass is 10.0. The molecule has 1 N–H and O–H groups in total. The molecule has 7 nitrogen and oxygen atoms in total. The Labute approximate surface area is 157 Å². The van der Waals surface area contributed by atoms with Crippen LogP contribution in [0.15, 0.2) is 29.4 Å². The number of carbonyl (C=O) groups excluding carboxylic acids is 2. The van der Waals surface area contributed by atoms with Crippen molar-refractivity contribution in [3.63, 3.8) is 0 Å². The van der Waals surface area contributed by atoms with Crippen LogP contribution in [0.3, 0.4) is 0 Å². The standard InChI is InChI=1S/C18H23ClN4O3/c1-12(18(25)23-9-7-22(2)8-10-23)20-17(24)16-11-15(21-26-16)13-3-5-14(19)6-4-13/h3-6,12,16H,7-11H2,1-2H3,(H,20,24)/t12-,16-/m1/s1. The van der Waals surface area contributed by atoms with Gasteiger partial charge in [-0.05, 0) is 31.7 Å². The summed E-state index contributed by atoms with van der Waals surface area (Å²) in [5.41, 5.74) is 1.56. The molecule has 1 aromatic rings. The molecule has 2 aliphatic heterocycles. The number of piperazine rings is 1. The molecule has 8 heteroatoms. The number of benzene rings is 1. The van der Waals surface area contributed by atoms with Gasteiger partial charge in [0.2, 0.25) is 12.0 Å². The quantitative estimate of drug-likeness (QED) is 0.851. The number of hydrogen-bond acceptors (Lipinski definition) is 5. The monoisotopic (exact) mass is 378 g/mol. The highest BCUT2D eigenvalue weighted by molar-refractivity contribution is 6.30. The molecule has 26 heavy (non-hydrogen) atoms. The summed E-state index contributed by atoms with van der Waals surface area (Å²) in [4.78, 5) is 34.1. The first-order chi connectivity index (χ1) is 12.4. The number of rotatable bonds is 4. The summed E-state index contributed by atoms with van der Waals surface area (Å²) < 4.78 is 0. The van der Waals surface area contributed by atoms with Crippen LogP contribution in [0.5, 0.6) is 0 Å². The fraction of sp³-hybridized carbons (Fsp3) is 0.500. The molecular formula is C18H23ClN4O3. The Hall–Kier alpha value is -2.12. The fourth-order valence-corrected chi connectivity index (χ4v) is 3.13. The predicted octanol–water partition coefficient (Wildman–Crippen LogP) is 1.11. The van der Waals surface area contributed by atoms with Crippen molar-refractivity contribution in [2.75, 3.05) is 33.2 Å². The molecule has 0 unspecified atom stereocenters. The summed E-state index contributed by atoms with van der Waals surface area (Å²) in [6.07, 6.45) is -0.355. The van der Waals surface area contributed by atoms with Gasteiger partial charge in [-0.25, -0.2) is 0 Å². The number of nitrogens with zero attached hydrogens (tertiary/aromatic N) is 3. The van der Waals surface area contributed by atoms with Crippen LogP contribution >= 0.6 is 11.6 Å². The Kier molecular flexibility index (Phi) is 5.78. The van der Waals surface area contributed by atoms with Gasteiger partial charge >= 0.3 is 0 Å². The maximum absolute atomic E-state index is 12.5. The molecule has 140 valence electrons. The molecule has 0 aliphatic carbocycles. The lowest BCUT2D eigenvalue weighted by molar-refractivity contribution is -0.140. The van der Waals surface area contributed by atoms with Crippen molar-refractivity contribution in [2.24, 2.45) is 5.16 Å². The third-order valence-corrected chi connectivity index (χ3v) is 4.93. The minimum atomic E-state index is -0.719. The molecule has 3 rings (SSSR count). The van der Waals surface area contributed by atoms with Crippen molar-refractivity contribution in [3.05, 3.63) is 34.9 Å². The van der Waals surface area contributed by atoms with Gasteiger partial charge in [0.05, 0.1) is 5.71 Å². The first-order valence-corrected chi connectivity index (χ1v) is 9.08. The minimum Gasteiger partial charge on any atom is -0.382 e. The van der Waals surface area contributed by atoms with E-state index in [1.54, 1.807) is 24.0 Å². The molecule has 2 amide bonds. The number of likely N-dealkylation sites (N-methyl/N-ethyl adjacent to an activating group) is 1. The molecule has 0 bridgehead atoms. The smallest absolute Gasteiger partial charge is 0.264 e. The van der Waals surface area contributed by atoms with Crippen molar-refractivity contribution >= 4 is 29.1 Å². The van der Waals surface area contributed by atoms with Crippen LogP contribution in [0.2, 0.25) is 5.02 Å². The molecule has 0 spiro atoms. The molecule has 2 heterocycles. The molecule has 1 saturated heterocycles. The maximum Gasteiger partial charge on any atom is 0.264 e. The molecule has 1 fully saturated rings. The normalized spacial score (nSPS) is 21.7. The summed E-state index contributed by atoms with van der Waals surface area (Å²) in [7, 11) is 2.03. The van der Waals surface area contributed by atoms with Gasteiger partial charge in [0.15, 0.2) is 0 Å². The molecule has 0 aromatic heterocycles. The van der Waals surface area contributed by atoms with Crippen molar-refractivity contribution in [1.82, 2.24) is 15.1 Å². The van der Waals surface area contributed by atoms with Crippen LogP contribution in [0.4, 0.5) is 0 Å². The Balaban J connectivity index is 1.51. The second-order valence-electron chi connectivity index (χ2n) is 6.70. The Morgan fingerprint density at radius 3 is 2.54 bits per heavy atom. The summed E-state index contributed by atoms with van der Waals surface area (Å²) >= 11 is 5.88. The Morgan fingerprint density at radius 1 is 1.23 bits per heavy atom. The molecule has 0 saturated carbocycles. The van der Waals surface area contributed by atoms with Gasteiger partial charge in [0.1, 0.15) is 6.04 Å². The van der Waals surface area contributed by atoms with E-state index in [1.807, 2.05) is 19.2 Å². The zero-order chi connectivity index (χ0) is 18.7. The average molecular weight is 379 g/mol. The second-order valence-corrected chi connectivity index (χ2v) is 7.14. The molecule has 2 aliphatic rings. The SMILES string of the molecule is C[C@@H](NC(=O)[C@H]1CC(c2ccc(Cl)cc2)=NO1)C(=O)N1CCN(C)CC1. The lowest BCUT2D eigenvalue weighted by Crippen LogP contribution is -2.54. The third-order valence-electron chi connectivity index (χ3n) is 4.68. The third kappa shape index (κ3) is 4.34. The minimum absolute atomic E-state index is 0.0664. The molecular weight excluding hydrogens is 356 g/mol. The van der Waals surface area contributed by atoms with E-state index in [4.69, 9.17) is 16.4 Å². The first-order valence-electron chi connectivity index (χ1n) is 8.70. The highest BCUT2D eigenvalue weighted by Gasteiger charge is 2.32. The van der Waals surface area contributed by atoms with E-state index in [1.165, 1.54) is 0 Å². The van der Waals surface area contributed by atoms with E-state index in [2.05, 4.69) is 15.4 Å². The fourth-order valence-electron chi connectivity index (χ4n) is 3.00. The van der Waals surface area contributed by atoms with E-state index in [0.717, 1.165) is 18.7 Å². The number of nitrogens with one attached hydrogen (secondary N) is 1. The van der Waals surface area contributed by atoms with Crippen LogP contribution in [-0.2, 0) is 14.4 Å². The van der Waals surface area contributed by atoms with Crippen LogP contribution in [-0.4, -0.2) is 72.7 Å². The predicted molar refractivity (Wildman–Crippen MR) is 99.2 cm³/mol. The van der Waals surface area contributed by atoms with Crippen molar-refractivity contribution in [1.29, 1.82) is 0 Å². The molecule has 0 radical (unpaired) electrons. The summed E-state index contributed by atoms with van der Waals surface area (Å²) in [6, 6.07) is 6.62. The highest BCUT2D eigenvalue weighted by Crippen LogP contribution is 2.19. The van der Waals surface area contributed by atoms with E-state index in [-0.39, 0.29) is 11.8 Å². The van der Waals surface area contributed by atoms with Gasteiger partial charge in [0.25, 0.3) is 5.91 Å². The zero-order valence-corrected chi connectivity index (χ0v) is 15.7. The van der Waals surface area contributed by atoms with Crippen molar-refractivity contribution in [3.8, 4) is 0 Å². The number of carbonyl (C=O) groups is 2. The number of hydrogen-bond donors (Lipinski definition) is 1. The lowest BCUT2D eigenvalue weighted by Gasteiger charge is -2.34. The van der Waals surface area contributed by atoms with Gasteiger partial charge < -0.3 is 20.0 Å². The summed E-state index contributed by atoms with van der Waals surface area (Å²) in [5.74, 6) is -0.393. The van der Waals surface area contributed by atoms with E-state index in [9.17, 15) is 9.59 Å². The summed E-state index contributed by atoms with van der Waals surface area (Å²) in [6.45, 7) is 4.75. The maximum atomic E-state index is 12.5. The Morgan fingerprint density at radius 2 is 1.88 bits per heavy atom. The number of oxime groups is 1. The van der Waals surface area contributed by atoms with Gasteiger partial charge in [0, 0.05) is 37.6 Å². The van der Waals surface area contributed by atoms with Crippen molar-refractivity contribution < 1.29 is 14.4 Å². The van der Waals surface area contributed by atoms with Crippen molar-refractivity contribution in [2.45, 2.75) is 25.5 Å².